The first kappa shape index (κ1) is 16.8. The maximum Gasteiger partial charge on any atom is 0.239 e. The molecule has 2 aromatic rings. The summed E-state index contributed by atoms with van der Waals surface area (Å²) in [4.78, 5) is 23.6. The number of likely N-dealkylation sites (N-methyl/N-ethyl adjacent to an activating group) is 1. The van der Waals surface area contributed by atoms with Gasteiger partial charge in [0, 0.05) is 18.8 Å². The Morgan fingerprint density at radius 2 is 2.09 bits per heavy atom. The van der Waals surface area contributed by atoms with Crippen LogP contribution >= 0.6 is 0 Å². The van der Waals surface area contributed by atoms with E-state index in [1.807, 2.05) is 31.2 Å². The van der Waals surface area contributed by atoms with Crippen LogP contribution in [0.15, 0.2) is 41.3 Å². The first-order valence-electron chi connectivity index (χ1n) is 7.27. The zero-order valence-corrected chi connectivity index (χ0v) is 13.2. The predicted molar refractivity (Wildman–Crippen MR) is 86.2 cm³/mol. The van der Waals surface area contributed by atoms with Crippen LogP contribution in [0.4, 0.5) is 0 Å². The van der Waals surface area contributed by atoms with Crippen LogP contribution in [0, 0.1) is 6.92 Å². The van der Waals surface area contributed by atoms with Crippen LogP contribution in [0.5, 0.6) is 5.75 Å². The number of hydrogen-bond donors (Lipinski definition) is 2. The van der Waals surface area contributed by atoms with E-state index in [2.05, 4.69) is 5.32 Å². The summed E-state index contributed by atoms with van der Waals surface area (Å²) in [5.74, 6) is -0.0810. The van der Waals surface area contributed by atoms with Gasteiger partial charge < -0.3 is 19.7 Å². The maximum atomic E-state index is 12.1. The van der Waals surface area contributed by atoms with Crippen LogP contribution in [0.3, 0.4) is 0 Å². The highest BCUT2D eigenvalue weighted by molar-refractivity contribution is 5.75. The van der Waals surface area contributed by atoms with Gasteiger partial charge in [0.15, 0.2) is 5.75 Å². The van der Waals surface area contributed by atoms with Gasteiger partial charge in [0.2, 0.25) is 11.3 Å². The van der Waals surface area contributed by atoms with Crippen molar-refractivity contribution in [2.75, 3.05) is 7.05 Å². The van der Waals surface area contributed by atoms with Crippen LogP contribution < -0.4 is 15.5 Å². The van der Waals surface area contributed by atoms with E-state index < -0.39 is 0 Å². The van der Waals surface area contributed by atoms with Crippen molar-refractivity contribution >= 4 is 5.91 Å². The fourth-order valence-electron chi connectivity index (χ4n) is 2.15. The molecule has 0 fully saturated rings. The van der Waals surface area contributed by atoms with Gasteiger partial charge >= 0.3 is 0 Å². The van der Waals surface area contributed by atoms with Gasteiger partial charge in [-0.05, 0) is 18.1 Å². The standard InChI is InChI=1S/C17H20N2O4/c1-12-5-3-4-6-13(12)11-23-16-8-19(9-17(22)18-2)14(10-20)7-15(16)21/h3-8,20H,9-11H2,1-2H3,(H,18,22). The summed E-state index contributed by atoms with van der Waals surface area (Å²) in [6.07, 6.45) is 1.46. The maximum absolute atomic E-state index is 12.1. The van der Waals surface area contributed by atoms with Gasteiger partial charge in [-0.2, -0.15) is 0 Å². The fourth-order valence-corrected chi connectivity index (χ4v) is 2.15. The third kappa shape index (κ3) is 4.20. The Morgan fingerprint density at radius 3 is 2.74 bits per heavy atom. The molecule has 0 bridgehead atoms. The van der Waals surface area contributed by atoms with Crippen LogP contribution in [0.25, 0.3) is 0 Å². The number of ether oxygens (including phenoxy) is 1. The fraction of sp³-hybridized carbons (Fsp3) is 0.294. The third-order valence-corrected chi connectivity index (χ3v) is 3.58. The molecule has 1 heterocycles. The third-order valence-electron chi connectivity index (χ3n) is 3.58. The summed E-state index contributed by atoms with van der Waals surface area (Å²) < 4.78 is 7.12. The molecule has 0 saturated heterocycles. The zero-order valence-electron chi connectivity index (χ0n) is 13.2. The molecule has 2 N–H and O–H groups in total. The van der Waals surface area contributed by atoms with Crippen molar-refractivity contribution in [3.63, 3.8) is 0 Å². The van der Waals surface area contributed by atoms with Crippen LogP contribution in [-0.4, -0.2) is 22.6 Å². The molecule has 0 aliphatic heterocycles. The first-order valence-corrected chi connectivity index (χ1v) is 7.27. The number of pyridine rings is 1. The number of nitrogens with one attached hydrogen (secondary N) is 1. The highest BCUT2D eigenvalue weighted by atomic mass is 16.5. The van der Waals surface area contributed by atoms with Crippen molar-refractivity contribution in [2.24, 2.45) is 0 Å². The number of carbonyl (C=O) groups excluding carboxylic acids is 1. The second-order valence-corrected chi connectivity index (χ2v) is 5.17. The summed E-state index contributed by atoms with van der Waals surface area (Å²) in [5, 5.41) is 11.8. The van der Waals surface area contributed by atoms with E-state index >= 15 is 0 Å². The number of carbonyl (C=O) groups is 1. The second kappa shape index (κ2) is 7.60. The first-order chi connectivity index (χ1) is 11.0. The number of rotatable bonds is 6. The highest BCUT2D eigenvalue weighted by Crippen LogP contribution is 2.12. The molecule has 2 rings (SSSR count). The van der Waals surface area contributed by atoms with Crippen molar-refractivity contribution in [1.29, 1.82) is 0 Å². The number of aryl methyl sites for hydroxylation is 1. The Bertz CT molecular complexity index is 752. The number of nitrogens with zero attached hydrogens (tertiary/aromatic N) is 1. The molecular formula is C17H20N2O4. The lowest BCUT2D eigenvalue weighted by atomic mass is 10.1. The minimum Gasteiger partial charge on any atom is -0.483 e. The van der Waals surface area contributed by atoms with Crippen molar-refractivity contribution in [3.05, 3.63) is 63.6 Å². The molecule has 1 aromatic heterocycles. The van der Waals surface area contributed by atoms with Crippen LogP contribution in [0.1, 0.15) is 16.8 Å². The van der Waals surface area contributed by atoms with Crippen molar-refractivity contribution in [2.45, 2.75) is 26.7 Å². The molecule has 1 aromatic carbocycles. The molecule has 6 nitrogen and oxygen atoms in total. The second-order valence-electron chi connectivity index (χ2n) is 5.17. The van der Waals surface area contributed by atoms with E-state index in [-0.39, 0.29) is 36.8 Å². The molecular weight excluding hydrogens is 296 g/mol. The van der Waals surface area contributed by atoms with E-state index in [1.54, 1.807) is 0 Å². The van der Waals surface area contributed by atoms with E-state index in [0.29, 0.717) is 5.69 Å². The van der Waals surface area contributed by atoms with Gasteiger partial charge in [0.1, 0.15) is 13.2 Å². The number of aliphatic hydroxyl groups is 1. The topological polar surface area (TPSA) is 80.6 Å². The smallest absolute Gasteiger partial charge is 0.239 e. The summed E-state index contributed by atoms with van der Waals surface area (Å²) in [5.41, 5.74) is 2.10. The molecule has 0 saturated carbocycles. The number of aromatic nitrogens is 1. The minimum atomic E-state index is -0.329. The van der Waals surface area contributed by atoms with E-state index in [4.69, 9.17) is 4.74 Å². The average molecular weight is 316 g/mol. The van der Waals surface area contributed by atoms with Crippen molar-refractivity contribution < 1.29 is 14.6 Å². The van der Waals surface area contributed by atoms with Gasteiger partial charge in [-0.15, -0.1) is 0 Å². The van der Waals surface area contributed by atoms with Gasteiger partial charge in [-0.25, -0.2) is 0 Å². The highest BCUT2D eigenvalue weighted by Gasteiger charge is 2.10. The lowest BCUT2D eigenvalue weighted by molar-refractivity contribution is -0.121. The van der Waals surface area contributed by atoms with E-state index in [0.717, 1.165) is 11.1 Å². The van der Waals surface area contributed by atoms with Gasteiger partial charge in [0.25, 0.3) is 0 Å². The van der Waals surface area contributed by atoms with Gasteiger partial charge in [-0.3, -0.25) is 9.59 Å². The van der Waals surface area contributed by atoms with Crippen LogP contribution in [-0.2, 0) is 24.6 Å². The predicted octanol–water partition coefficient (Wildman–Crippen LogP) is 0.974. The Hall–Kier alpha value is -2.60. The lowest BCUT2D eigenvalue weighted by Crippen LogP contribution is -2.26. The zero-order chi connectivity index (χ0) is 16.8. The monoisotopic (exact) mass is 316 g/mol. The Balaban J connectivity index is 2.24. The molecule has 1 amide bonds. The summed E-state index contributed by atoms with van der Waals surface area (Å²) in [7, 11) is 1.53. The SMILES string of the molecule is CNC(=O)Cn1cc(OCc2ccccc2C)c(=O)cc1CO. The molecule has 0 unspecified atom stereocenters. The lowest BCUT2D eigenvalue weighted by Gasteiger charge is -2.14. The molecule has 0 aliphatic carbocycles. The largest absolute Gasteiger partial charge is 0.483 e. The number of amides is 1. The van der Waals surface area contributed by atoms with Gasteiger partial charge in [-0.1, -0.05) is 24.3 Å². The quantitative estimate of drug-likeness (QED) is 0.832. The van der Waals surface area contributed by atoms with E-state index in [9.17, 15) is 14.7 Å². The molecule has 0 aliphatic rings. The molecule has 122 valence electrons. The summed E-state index contributed by atoms with van der Waals surface area (Å²) in [6, 6.07) is 9.03. The molecule has 23 heavy (non-hydrogen) atoms. The summed E-state index contributed by atoms with van der Waals surface area (Å²) in [6.45, 7) is 1.91. The number of benzene rings is 1. The Labute approximate surface area is 134 Å². The molecule has 0 atom stereocenters. The normalized spacial score (nSPS) is 10.4. The number of aliphatic hydroxyl groups excluding tert-OH is 1. The number of hydrogen-bond acceptors (Lipinski definition) is 4. The molecule has 0 spiro atoms. The van der Waals surface area contributed by atoms with Gasteiger partial charge in [0.05, 0.1) is 12.8 Å². The Morgan fingerprint density at radius 1 is 1.35 bits per heavy atom. The average Bonchev–Trinajstić information content (AvgIpc) is 2.55. The van der Waals surface area contributed by atoms with Crippen molar-refractivity contribution in [3.8, 4) is 5.75 Å². The van der Waals surface area contributed by atoms with E-state index in [1.165, 1.54) is 23.9 Å². The molecule has 6 heteroatoms. The Kier molecular flexibility index (Phi) is 5.54. The summed E-state index contributed by atoms with van der Waals surface area (Å²) >= 11 is 0. The molecule has 0 radical (unpaired) electrons. The van der Waals surface area contributed by atoms with Crippen molar-refractivity contribution in [1.82, 2.24) is 9.88 Å². The van der Waals surface area contributed by atoms with Crippen LogP contribution in [0.2, 0.25) is 0 Å². The minimum absolute atomic E-state index is 0.00734.